The third-order valence-corrected chi connectivity index (χ3v) is 5.58. The van der Waals surface area contributed by atoms with Crippen LogP contribution in [0.1, 0.15) is 43.7 Å². The predicted octanol–water partition coefficient (Wildman–Crippen LogP) is 2.99. The summed E-state index contributed by atoms with van der Waals surface area (Å²) in [4.78, 5) is 37.7. The second kappa shape index (κ2) is 10.0. The summed E-state index contributed by atoms with van der Waals surface area (Å²) in [6, 6.07) is 14.8. The minimum absolute atomic E-state index is 0.0295. The normalized spacial score (nSPS) is 13.6. The number of nitrogens with zero attached hydrogens (tertiary/aromatic N) is 1. The summed E-state index contributed by atoms with van der Waals surface area (Å²) >= 11 is 0. The maximum Gasteiger partial charge on any atom is 0.407 e. The molecule has 1 aliphatic rings. The molecule has 2 amide bonds. The monoisotopic (exact) mass is 454 g/mol. The predicted molar refractivity (Wildman–Crippen MR) is 123 cm³/mol. The van der Waals surface area contributed by atoms with Gasteiger partial charge in [-0.15, -0.1) is 0 Å². The zero-order chi connectivity index (χ0) is 24.2. The van der Waals surface area contributed by atoms with E-state index in [1.54, 1.807) is 13.8 Å². The van der Waals surface area contributed by atoms with Gasteiger partial charge in [0, 0.05) is 25.9 Å². The number of aliphatic hydroxyl groups is 1. The number of hydrogen-bond acceptors (Lipinski definition) is 5. The number of benzene rings is 2. The second-order valence-electron chi connectivity index (χ2n) is 8.96. The molecule has 0 aliphatic heterocycles. The number of carboxylic acid groups (broad SMARTS) is 1. The number of ether oxygens (including phenoxy) is 1. The number of nitrogens with one attached hydrogen (secondary N) is 1. The average molecular weight is 455 g/mol. The van der Waals surface area contributed by atoms with E-state index in [4.69, 9.17) is 9.84 Å². The SMILES string of the molecule is CN(CC(C)(C)O)C(=O)C(CCC(=O)O)NC(=O)OCC1c2ccccc2-c2ccccc21. The summed E-state index contributed by atoms with van der Waals surface area (Å²) in [7, 11) is 1.49. The first kappa shape index (κ1) is 24.3. The molecule has 0 radical (unpaired) electrons. The maximum absolute atomic E-state index is 12.8. The molecule has 0 saturated carbocycles. The minimum Gasteiger partial charge on any atom is -0.481 e. The van der Waals surface area contributed by atoms with Gasteiger partial charge in [0.1, 0.15) is 12.6 Å². The Bertz CT molecular complexity index is 984. The number of alkyl carbamates (subject to hydrolysis) is 1. The van der Waals surface area contributed by atoms with E-state index >= 15 is 0 Å². The Morgan fingerprint density at radius 2 is 1.61 bits per heavy atom. The van der Waals surface area contributed by atoms with E-state index in [1.807, 2.05) is 48.5 Å². The van der Waals surface area contributed by atoms with Gasteiger partial charge in [-0.1, -0.05) is 48.5 Å². The zero-order valence-corrected chi connectivity index (χ0v) is 19.1. The number of fused-ring (bicyclic) bond motifs is 3. The number of rotatable bonds is 9. The first-order chi connectivity index (χ1) is 15.6. The van der Waals surface area contributed by atoms with Crippen LogP contribution in [0, 0.1) is 0 Å². The van der Waals surface area contributed by atoms with Crippen molar-refractivity contribution in [1.29, 1.82) is 0 Å². The van der Waals surface area contributed by atoms with Gasteiger partial charge in [0.15, 0.2) is 0 Å². The number of carboxylic acids is 1. The molecule has 0 aromatic heterocycles. The smallest absolute Gasteiger partial charge is 0.407 e. The van der Waals surface area contributed by atoms with Crippen LogP contribution in [0.15, 0.2) is 48.5 Å². The summed E-state index contributed by atoms with van der Waals surface area (Å²) in [6.45, 7) is 3.23. The van der Waals surface area contributed by atoms with E-state index in [9.17, 15) is 19.5 Å². The summed E-state index contributed by atoms with van der Waals surface area (Å²) in [5.74, 6) is -1.70. The lowest BCUT2D eigenvalue weighted by Gasteiger charge is -2.29. The van der Waals surface area contributed by atoms with Gasteiger partial charge in [0.2, 0.25) is 5.91 Å². The molecule has 1 aliphatic carbocycles. The fourth-order valence-corrected chi connectivity index (χ4v) is 4.23. The molecule has 33 heavy (non-hydrogen) atoms. The van der Waals surface area contributed by atoms with Crippen molar-refractivity contribution in [1.82, 2.24) is 10.2 Å². The Morgan fingerprint density at radius 3 is 2.12 bits per heavy atom. The lowest BCUT2D eigenvalue weighted by atomic mass is 9.98. The minimum atomic E-state index is -1.13. The van der Waals surface area contributed by atoms with Gasteiger partial charge in [0.25, 0.3) is 0 Å². The van der Waals surface area contributed by atoms with Crippen molar-refractivity contribution in [3.63, 3.8) is 0 Å². The van der Waals surface area contributed by atoms with E-state index in [1.165, 1.54) is 11.9 Å². The summed E-state index contributed by atoms with van der Waals surface area (Å²) < 4.78 is 5.49. The van der Waals surface area contributed by atoms with E-state index in [0.29, 0.717) is 0 Å². The fourth-order valence-electron chi connectivity index (χ4n) is 4.23. The second-order valence-corrected chi connectivity index (χ2v) is 8.96. The van der Waals surface area contributed by atoms with Crippen molar-refractivity contribution in [2.24, 2.45) is 0 Å². The molecule has 0 bridgehead atoms. The maximum atomic E-state index is 12.8. The van der Waals surface area contributed by atoms with E-state index < -0.39 is 29.6 Å². The Balaban J connectivity index is 1.68. The van der Waals surface area contributed by atoms with Gasteiger partial charge >= 0.3 is 12.1 Å². The van der Waals surface area contributed by atoms with Crippen LogP contribution in [0.2, 0.25) is 0 Å². The molecule has 176 valence electrons. The van der Waals surface area contributed by atoms with Gasteiger partial charge in [-0.3, -0.25) is 9.59 Å². The lowest BCUT2D eigenvalue weighted by molar-refractivity contribution is -0.138. The van der Waals surface area contributed by atoms with Crippen LogP contribution in [0.5, 0.6) is 0 Å². The standard InChI is InChI=1S/C25H30N2O6/c1-25(2,32)15-27(3)23(30)21(12-13-22(28)29)26-24(31)33-14-20-18-10-6-4-8-16(18)17-9-5-7-11-19(17)20/h4-11,20-21,32H,12-15H2,1-3H3,(H,26,31)(H,28,29). The largest absolute Gasteiger partial charge is 0.481 e. The van der Waals surface area contributed by atoms with Crippen LogP contribution in [0.25, 0.3) is 11.1 Å². The van der Waals surface area contributed by atoms with Crippen LogP contribution < -0.4 is 5.32 Å². The highest BCUT2D eigenvalue weighted by Gasteiger charge is 2.31. The third-order valence-electron chi connectivity index (χ3n) is 5.58. The first-order valence-electron chi connectivity index (χ1n) is 10.9. The Hall–Kier alpha value is -3.39. The fraction of sp³-hybridized carbons (Fsp3) is 0.400. The molecule has 1 atom stereocenters. The summed E-state index contributed by atoms with van der Waals surface area (Å²) in [5.41, 5.74) is 3.20. The van der Waals surface area contributed by atoms with Crippen molar-refractivity contribution in [3.05, 3.63) is 59.7 Å². The molecular weight excluding hydrogens is 424 g/mol. The zero-order valence-electron chi connectivity index (χ0n) is 19.1. The molecular formula is C25H30N2O6. The first-order valence-corrected chi connectivity index (χ1v) is 10.9. The van der Waals surface area contributed by atoms with Crippen LogP contribution in [-0.4, -0.2) is 64.9 Å². The molecule has 0 saturated heterocycles. The van der Waals surface area contributed by atoms with Crippen molar-refractivity contribution in [2.45, 2.75) is 44.2 Å². The van der Waals surface area contributed by atoms with Crippen molar-refractivity contribution < 1.29 is 29.3 Å². The Kier molecular flexibility index (Phi) is 7.38. The number of likely N-dealkylation sites (N-methyl/N-ethyl adjacent to an activating group) is 1. The van der Waals surface area contributed by atoms with E-state index in [2.05, 4.69) is 5.32 Å². The van der Waals surface area contributed by atoms with Crippen molar-refractivity contribution in [3.8, 4) is 11.1 Å². The molecule has 2 aromatic carbocycles. The summed E-state index contributed by atoms with van der Waals surface area (Å²) in [5, 5.41) is 21.5. The van der Waals surface area contributed by atoms with Crippen LogP contribution in [0.4, 0.5) is 4.79 Å². The molecule has 8 heteroatoms. The molecule has 3 N–H and O–H groups in total. The van der Waals surface area contributed by atoms with Crippen LogP contribution in [-0.2, 0) is 14.3 Å². The van der Waals surface area contributed by atoms with Crippen molar-refractivity contribution >= 4 is 18.0 Å². The quantitative estimate of drug-likeness (QED) is 0.536. The van der Waals surface area contributed by atoms with Gasteiger partial charge < -0.3 is 25.2 Å². The van der Waals surface area contributed by atoms with Crippen molar-refractivity contribution in [2.75, 3.05) is 20.2 Å². The Morgan fingerprint density at radius 1 is 1.06 bits per heavy atom. The van der Waals surface area contributed by atoms with Crippen LogP contribution >= 0.6 is 0 Å². The topological polar surface area (TPSA) is 116 Å². The number of carbonyl (C=O) groups is 3. The van der Waals surface area contributed by atoms with Gasteiger partial charge in [-0.2, -0.15) is 0 Å². The number of hydrogen-bond donors (Lipinski definition) is 3. The summed E-state index contributed by atoms with van der Waals surface area (Å²) in [6.07, 6.45) is -1.18. The molecule has 0 fully saturated rings. The highest BCUT2D eigenvalue weighted by molar-refractivity contribution is 5.86. The molecule has 8 nitrogen and oxygen atoms in total. The number of carbonyl (C=O) groups excluding carboxylic acids is 2. The molecule has 3 rings (SSSR count). The van der Waals surface area contributed by atoms with Gasteiger partial charge in [-0.05, 0) is 42.5 Å². The Labute approximate surface area is 193 Å². The molecule has 1 unspecified atom stereocenters. The highest BCUT2D eigenvalue weighted by Crippen LogP contribution is 2.44. The molecule has 2 aromatic rings. The molecule has 0 spiro atoms. The average Bonchev–Trinajstić information content (AvgIpc) is 3.07. The van der Waals surface area contributed by atoms with Crippen LogP contribution in [0.3, 0.4) is 0 Å². The highest BCUT2D eigenvalue weighted by atomic mass is 16.5. The third kappa shape index (κ3) is 6.10. The number of amides is 2. The number of aliphatic carboxylic acids is 1. The van der Waals surface area contributed by atoms with Gasteiger partial charge in [-0.25, -0.2) is 4.79 Å². The van der Waals surface area contributed by atoms with E-state index in [0.717, 1.165) is 22.3 Å². The van der Waals surface area contributed by atoms with E-state index in [-0.39, 0.29) is 31.9 Å². The van der Waals surface area contributed by atoms with Gasteiger partial charge in [0.05, 0.1) is 5.60 Å². The lowest BCUT2D eigenvalue weighted by Crippen LogP contribution is -2.50. The molecule has 0 heterocycles.